The molecule has 2 aromatic heterocycles. The molecule has 0 bridgehead atoms. The second-order valence-electron chi connectivity index (χ2n) is 5.20. The molecule has 0 aliphatic carbocycles. The van der Waals surface area contributed by atoms with Gasteiger partial charge in [0.05, 0.1) is 0 Å². The molecule has 0 aliphatic heterocycles. The van der Waals surface area contributed by atoms with Crippen molar-refractivity contribution in [2.45, 2.75) is 13.5 Å². The smallest absolute Gasteiger partial charge is 0.320 e. The van der Waals surface area contributed by atoms with Gasteiger partial charge in [0.25, 0.3) is 0 Å². The molecular formula is C17H18N6O. The SMILES string of the molecule is CCNC(=O)Nc1cc2c(-c3cncnc3)ccc(CN)c2cn1. The number of anilines is 1. The summed E-state index contributed by atoms with van der Waals surface area (Å²) in [5, 5.41) is 7.29. The fraction of sp³-hybridized carbons (Fsp3) is 0.176. The van der Waals surface area contributed by atoms with E-state index in [4.69, 9.17) is 5.73 Å². The van der Waals surface area contributed by atoms with Crippen LogP contribution in [0.3, 0.4) is 0 Å². The highest BCUT2D eigenvalue weighted by molar-refractivity contribution is 6.00. The van der Waals surface area contributed by atoms with Crippen LogP contribution in [0.15, 0.2) is 43.1 Å². The maximum Gasteiger partial charge on any atom is 0.320 e. The lowest BCUT2D eigenvalue weighted by molar-refractivity contribution is 0.252. The Bertz CT molecular complexity index is 866. The number of hydrogen-bond donors (Lipinski definition) is 3. The zero-order valence-corrected chi connectivity index (χ0v) is 13.3. The summed E-state index contributed by atoms with van der Waals surface area (Å²) in [5.41, 5.74) is 8.67. The van der Waals surface area contributed by atoms with E-state index >= 15 is 0 Å². The molecule has 2 heterocycles. The van der Waals surface area contributed by atoms with Crippen LogP contribution in [0, 0.1) is 0 Å². The number of aromatic nitrogens is 3. The number of urea groups is 1. The van der Waals surface area contributed by atoms with E-state index in [0.29, 0.717) is 18.9 Å². The molecule has 2 amide bonds. The Morgan fingerprint density at radius 3 is 2.67 bits per heavy atom. The van der Waals surface area contributed by atoms with E-state index in [9.17, 15) is 4.79 Å². The van der Waals surface area contributed by atoms with Crippen molar-refractivity contribution in [3.05, 3.63) is 48.7 Å². The Kier molecular flexibility index (Phi) is 4.62. The van der Waals surface area contributed by atoms with Crippen molar-refractivity contribution in [1.29, 1.82) is 0 Å². The largest absolute Gasteiger partial charge is 0.338 e. The number of carbonyl (C=O) groups excluding carboxylic acids is 1. The highest BCUT2D eigenvalue weighted by Crippen LogP contribution is 2.31. The second-order valence-corrected chi connectivity index (χ2v) is 5.20. The molecule has 0 radical (unpaired) electrons. The van der Waals surface area contributed by atoms with Gasteiger partial charge in [-0.2, -0.15) is 0 Å². The number of carbonyl (C=O) groups is 1. The van der Waals surface area contributed by atoms with Gasteiger partial charge in [-0.15, -0.1) is 0 Å². The molecule has 1 aromatic carbocycles. The molecule has 0 spiro atoms. The summed E-state index contributed by atoms with van der Waals surface area (Å²) in [6.07, 6.45) is 6.72. The summed E-state index contributed by atoms with van der Waals surface area (Å²) in [6.45, 7) is 2.81. The van der Waals surface area contributed by atoms with Crippen molar-refractivity contribution in [2.24, 2.45) is 5.73 Å². The number of pyridine rings is 1. The highest BCUT2D eigenvalue weighted by atomic mass is 16.2. The van der Waals surface area contributed by atoms with Gasteiger partial charge >= 0.3 is 6.03 Å². The topological polar surface area (TPSA) is 106 Å². The molecule has 3 rings (SSSR count). The summed E-state index contributed by atoms with van der Waals surface area (Å²) < 4.78 is 0. The molecule has 3 aromatic rings. The number of nitrogens with zero attached hydrogens (tertiary/aromatic N) is 3. The summed E-state index contributed by atoms with van der Waals surface area (Å²) in [6, 6.07) is 5.51. The number of fused-ring (bicyclic) bond motifs is 1. The second kappa shape index (κ2) is 7.01. The van der Waals surface area contributed by atoms with Crippen molar-refractivity contribution in [1.82, 2.24) is 20.3 Å². The molecule has 0 fully saturated rings. The van der Waals surface area contributed by atoms with Crippen molar-refractivity contribution in [3.63, 3.8) is 0 Å². The Morgan fingerprint density at radius 1 is 1.17 bits per heavy atom. The van der Waals surface area contributed by atoms with Crippen molar-refractivity contribution in [2.75, 3.05) is 11.9 Å². The van der Waals surface area contributed by atoms with Crippen LogP contribution in [-0.2, 0) is 6.54 Å². The Labute approximate surface area is 139 Å². The molecule has 122 valence electrons. The third-order valence-electron chi connectivity index (χ3n) is 3.66. The third-order valence-corrected chi connectivity index (χ3v) is 3.66. The first kappa shape index (κ1) is 15.8. The standard InChI is InChI=1S/C17H18N6O/c1-2-21-17(24)23-16-5-14-13(12-7-19-10-20-8-12)4-3-11(6-18)15(14)9-22-16/h3-5,7-10H,2,6,18H2,1H3,(H2,21,22,23,24). The average Bonchev–Trinajstić information content (AvgIpc) is 2.61. The Balaban J connectivity index is 2.12. The summed E-state index contributed by atoms with van der Waals surface area (Å²) >= 11 is 0. The quantitative estimate of drug-likeness (QED) is 0.683. The average molecular weight is 322 g/mol. The van der Waals surface area contributed by atoms with E-state index < -0.39 is 0 Å². The number of nitrogens with one attached hydrogen (secondary N) is 2. The van der Waals surface area contributed by atoms with Crippen molar-refractivity contribution in [3.8, 4) is 11.1 Å². The van der Waals surface area contributed by atoms with E-state index in [1.165, 1.54) is 6.33 Å². The molecule has 0 unspecified atom stereocenters. The first-order valence-corrected chi connectivity index (χ1v) is 7.65. The first-order chi connectivity index (χ1) is 11.7. The lowest BCUT2D eigenvalue weighted by Crippen LogP contribution is -2.28. The summed E-state index contributed by atoms with van der Waals surface area (Å²) in [7, 11) is 0. The van der Waals surface area contributed by atoms with Crippen LogP contribution in [0.5, 0.6) is 0 Å². The van der Waals surface area contributed by atoms with Crippen LogP contribution in [0.25, 0.3) is 21.9 Å². The molecule has 4 N–H and O–H groups in total. The summed E-state index contributed by atoms with van der Waals surface area (Å²) in [4.78, 5) is 24.2. The van der Waals surface area contributed by atoms with Crippen LogP contribution in [0.4, 0.5) is 10.6 Å². The molecule has 7 nitrogen and oxygen atoms in total. The van der Waals surface area contributed by atoms with Gasteiger partial charge in [0.1, 0.15) is 12.1 Å². The molecule has 0 saturated carbocycles. The van der Waals surface area contributed by atoms with Crippen LogP contribution >= 0.6 is 0 Å². The van der Waals surface area contributed by atoms with E-state index in [1.54, 1.807) is 18.6 Å². The van der Waals surface area contributed by atoms with Gasteiger partial charge in [-0.3, -0.25) is 5.32 Å². The minimum atomic E-state index is -0.288. The van der Waals surface area contributed by atoms with E-state index in [2.05, 4.69) is 25.6 Å². The number of amides is 2. The molecule has 24 heavy (non-hydrogen) atoms. The van der Waals surface area contributed by atoms with Gasteiger partial charge in [-0.1, -0.05) is 12.1 Å². The zero-order valence-electron chi connectivity index (χ0n) is 13.3. The zero-order chi connectivity index (χ0) is 16.9. The van der Waals surface area contributed by atoms with Gasteiger partial charge < -0.3 is 11.1 Å². The lowest BCUT2D eigenvalue weighted by Gasteiger charge is -2.12. The lowest BCUT2D eigenvalue weighted by atomic mass is 9.97. The van der Waals surface area contributed by atoms with Crippen molar-refractivity contribution >= 4 is 22.6 Å². The van der Waals surface area contributed by atoms with Crippen LogP contribution < -0.4 is 16.4 Å². The number of hydrogen-bond acceptors (Lipinski definition) is 5. The van der Waals surface area contributed by atoms with Gasteiger partial charge in [0.15, 0.2) is 0 Å². The van der Waals surface area contributed by atoms with Crippen LogP contribution in [-0.4, -0.2) is 27.5 Å². The van der Waals surface area contributed by atoms with E-state index in [1.807, 2.05) is 25.1 Å². The first-order valence-electron chi connectivity index (χ1n) is 7.65. The van der Waals surface area contributed by atoms with Gasteiger partial charge in [-0.25, -0.2) is 19.7 Å². The Morgan fingerprint density at radius 2 is 1.96 bits per heavy atom. The predicted molar refractivity (Wildman–Crippen MR) is 93.4 cm³/mol. The van der Waals surface area contributed by atoms with Gasteiger partial charge in [-0.05, 0) is 29.5 Å². The molecule has 7 heteroatoms. The number of benzene rings is 1. The molecule has 0 aliphatic rings. The Hall–Kier alpha value is -3.06. The fourth-order valence-corrected chi connectivity index (χ4v) is 2.55. The van der Waals surface area contributed by atoms with Gasteiger partial charge in [0, 0.05) is 42.6 Å². The minimum absolute atomic E-state index is 0.288. The van der Waals surface area contributed by atoms with Crippen LogP contribution in [0.1, 0.15) is 12.5 Å². The predicted octanol–water partition coefficient (Wildman–Crippen LogP) is 2.29. The van der Waals surface area contributed by atoms with E-state index in [0.717, 1.165) is 27.5 Å². The number of rotatable bonds is 4. The summed E-state index contributed by atoms with van der Waals surface area (Å²) in [5.74, 6) is 0.473. The van der Waals surface area contributed by atoms with Crippen molar-refractivity contribution < 1.29 is 4.79 Å². The van der Waals surface area contributed by atoms with Crippen LogP contribution in [0.2, 0.25) is 0 Å². The van der Waals surface area contributed by atoms with Gasteiger partial charge in [0.2, 0.25) is 0 Å². The third kappa shape index (κ3) is 3.16. The monoisotopic (exact) mass is 322 g/mol. The van der Waals surface area contributed by atoms with E-state index in [-0.39, 0.29) is 6.03 Å². The maximum atomic E-state index is 11.7. The molecular weight excluding hydrogens is 304 g/mol. The minimum Gasteiger partial charge on any atom is -0.338 e. The maximum absolute atomic E-state index is 11.7. The highest BCUT2D eigenvalue weighted by Gasteiger charge is 2.10. The number of nitrogens with two attached hydrogens (primary N) is 1. The molecule has 0 atom stereocenters. The fourth-order valence-electron chi connectivity index (χ4n) is 2.55. The normalized spacial score (nSPS) is 10.6. The molecule has 0 saturated heterocycles.